The van der Waals surface area contributed by atoms with Crippen molar-refractivity contribution in [2.45, 2.75) is 18.6 Å². The fourth-order valence-electron chi connectivity index (χ4n) is 1.20. The third-order valence-electron chi connectivity index (χ3n) is 2.07. The minimum Gasteiger partial charge on any atom is -0.271 e. The first-order valence-electron chi connectivity index (χ1n) is 4.32. The van der Waals surface area contributed by atoms with Crippen LogP contribution in [0.3, 0.4) is 0 Å². The molecule has 0 heterocycles. The molecule has 0 saturated carbocycles. The van der Waals surface area contributed by atoms with Crippen molar-refractivity contribution in [3.8, 4) is 0 Å². The molecule has 16 heavy (non-hydrogen) atoms. The maximum Gasteiger partial charge on any atom is 0.405 e. The van der Waals surface area contributed by atoms with Gasteiger partial charge >= 0.3 is 6.18 Å². The molecular formula is C9H9Cl2F3N2. The van der Waals surface area contributed by atoms with Gasteiger partial charge in [0, 0.05) is 16.5 Å². The molecule has 1 aromatic carbocycles. The van der Waals surface area contributed by atoms with Gasteiger partial charge < -0.3 is 0 Å². The largest absolute Gasteiger partial charge is 0.405 e. The Kier molecular flexibility index (Phi) is 4.43. The van der Waals surface area contributed by atoms with Crippen LogP contribution in [0.4, 0.5) is 13.2 Å². The summed E-state index contributed by atoms with van der Waals surface area (Å²) in [6, 6.07) is 2.65. The molecule has 0 aliphatic rings. The minimum atomic E-state index is -4.45. The van der Waals surface area contributed by atoms with Gasteiger partial charge in [-0.2, -0.15) is 13.2 Å². The number of nitrogens with two attached hydrogens (primary N) is 1. The van der Waals surface area contributed by atoms with Gasteiger partial charge in [0.15, 0.2) is 0 Å². The van der Waals surface area contributed by atoms with Crippen LogP contribution in [0.2, 0.25) is 10.0 Å². The molecule has 2 nitrogen and oxygen atoms in total. The normalized spacial score (nSPS) is 13.9. The predicted octanol–water partition coefficient (Wildman–Crippen LogP) is 2.93. The van der Waals surface area contributed by atoms with E-state index in [1.807, 2.05) is 0 Å². The molecule has 3 N–H and O–H groups in total. The molecule has 0 fully saturated rings. The maximum atomic E-state index is 12.4. The fraction of sp³-hybridized carbons (Fsp3) is 0.333. The number of nitrogens with one attached hydrogen (secondary N) is 1. The van der Waals surface area contributed by atoms with E-state index in [4.69, 9.17) is 29.0 Å². The van der Waals surface area contributed by atoms with Gasteiger partial charge in [0.1, 0.15) is 6.04 Å². The number of alkyl halides is 3. The van der Waals surface area contributed by atoms with Crippen LogP contribution in [0.15, 0.2) is 18.2 Å². The molecule has 1 aromatic rings. The van der Waals surface area contributed by atoms with E-state index in [9.17, 15) is 13.2 Å². The molecular weight excluding hydrogens is 264 g/mol. The maximum absolute atomic E-state index is 12.4. The zero-order chi connectivity index (χ0) is 12.3. The summed E-state index contributed by atoms with van der Waals surface area (Å²) in [6.07, 6.45) is -4.85. The van der Waals surface area contributed by atoms with E-state index in [2.05, 4.69) is 0 Å². The highest BCUT2D eigenvalue weighted by Crippen LogP contribution is 2.29. The highest BCUT2D eigenvalue weighted by atomic mass is 35.5. The summed E-state index contributed by atoms with van der Waals surface area (Å²) in [5.41, 5.74) is 1.93. The Morgan fingerprint density at radius 3 is 2.12 bits per heavy atom. The predicted molar refractivity (Wildman–Crippen MR) is 57.3 cm³/mol. The second-order valence-corrected chi connectivity index (χ2v) is 3.98. The molecule has 1 rings (SSSR count). The third-order valence-corrected chi connectivity index (χ3v) is 2.77. The summed E-state index contributed by atoms with van der Waals surface area (Å²) < 4.78 is 37.3. The summed E-state index contributed by atoms with van der Waals surface area (Å²) in [6.45, 7) is 0. The standard InChI is InChI=1S/C9H9Cl2F3N2/c10-6-2-1-3-7(11)5(6)4-8(16-15)9(12,13)14/h1-3,8,16H,4,15H2. The highest BCUT2D eigenvalue weighted by molar-refractivity contribution is 6.36. The average Bonchev–Trinajstić information content (AvgIpc) is 2.15. The van der Waals surface area contributed by atoms with Gasteiger partial charge in [-0.3, -0.25) is 5.84 Å². The zero-order valence-electron chi connectivity index (χ0n) is 7.98. The van der Waals surface area contributed by atoms with Crippen LogP contribution in [0.25, 0.3) is 0 Å². The molecule has 0 saturated heterocycles. The first-order chi connectivity index (χ1) is 7.36. The number of hydrazine groups is 1. The summed E-state index contributed by atoms with van der Waals surface area (Å²) in [7, 11) is 0. The van der Waals surface area contributed by atoms with E-state index in [-0.39, 0.29) is 15.6 Å². The van der Waals surface area contributed by atoms with Crippen LogP contribution < -0.4 is 11.3 Å². The molecule has 0 amide bonds. The van der Waals surface area contributed by atoms with Crippen LogP contribution in [0, 0.1) is 0 Å². The number of hydrogen-bond acceptors (Lipinski definition) is 2. The molecule has 1 unspecified atom stereocenters. The van der Waals surface area contributed by atoms with Gasteiger partial charge in [-0.05, 0) is 17.7 Å². The van der Waals surface area contributed by atoms with Gasteiger partial charge in [-0.25, -0.2) is 5.43 Å². The number of hydrogen-bond donors (Lipinski definition) is 2. The third kappa shape index (κ3) is 3.25. The molecule has 0 spiro atoms. The highest BCUT2D eigenvalue weighted by Gasteiger charge is 2.39. The Balaban J connectivity index is 2.95. The lowest BCUT2D eigenvalue weighted by molar-refractivity contribution is -0.155. The van der Waals surface area contributed by atoms with Gasteiger partial charge in [0.25, 0.3) is 0 Å². The molecule has 90 valence electrons. The number of benzene rings is 1. The summed E-state index contributed by atoms with van der Waals surface area (Å²) in [5.74, 6) is 4.85. The van der Waals surface area contributed by atoms with Crippen LogP contribution >= 0.6 is 23.2 Å². The lowest BCUT2D eigenvalue weighted by Gasteiger charge is -2.20. The van der Waals surface area contributed by atoms with Crippen molar-refractivity contribution in [2.24, 2.45) is 5.84 Å². The summed E-state index contributed by atoms with van der Waals surface area (Å²) in [5, 5.41) is 0.383. The van der Waals surface area contributed by atoms with E-state index < -0.39 is 18.6 Å². The first kappa shape index (κ1) is 13.6. The van der Waals surface area contributed by atoms with Gasteiger partial charge in [-0.15, -0.1) is 0 Å². The lowest BCUT2D eigenvalue weighted by Crippen LogP contribution is -2.47. The first-order valence-corrected chi connectivity index (χ1v) is 5.07. The fourth-order valence-corrected chi connectivity index (χ4v) is 1.75. The Labute approximate surface area is 100 Å². The van der Waals surface area contributed by atoms with Crippen molar-refractivity contribution >= 4 is 23.2 Å². The topological polar surface area (TPSA) is 38.0 Å². The van der Waals surface area contributed by atoms with Crippen molar-refractivity contribution in [1.29, 1.82) is 0 Å². The molecule has 0 radical (unpaired) electrons. The molecule has 7 heteroatoms. The Morgan fingerprint density at radius 1 is 1.25 bits per heavy atom. The summed E-state index contributed by atoms with van der Waals surface area (Å²) in [4.78, 5) is 0. The molecule has 0 aromatic heterocycles. The lowest BCUT2D eigenvalue weighted by atomic mass is 10.1. The Morgan fingerprint density at radius 2 is 1.75 bits per heavy atom. The van der Waals surface area contributed by atoms with Crippen LogP contribution in [-0.4, -0.2) is 12.2 Å². The second kappa shape index (κ2) is 5.23. The van der Waals surface area contributed by atoms with Gasteiger partial charge in [0.2, 0.25) is 0 Å². The quantitative estimate of drug-likeness (QED) is 0.656. The van der Waals surface area contributed by atoms with Gasteiger partial charge in [-0.1, -0.05) is 29.3 Å². The molecule has 1 atom stereocenters. The summed E-state index contributed by atoms with van der Waals surface area (Å²) >= 11 is 11.5. The van der Waals surface area contributed by atoms with Crippen molar-refractivity contribution in [3.63, 3.8) is 0 Å². The Hall–Kier alpha value is -0.490. The minimum absolute atomic E-state index is 0.192. The van der Waals surface area contributed by atoms with Crippen LogP contribution in [0.5, 0.6) is 0 Å². The zero-order valence-corrected chi connectivity index (χ0v) is 9.50. The smallest absolute Gasteiger partial charge is 0.271 e. The van der Waals surface area contributed by atoms with E-state index in [0.717, 1.165) is 0 Å². The van der Waals surface area contributed by atoms with Gasteiger partial charge in [0.05, 0.1) is 0 Å². The monoisotopic (exact) mass is 272 g/mol. The van der Waals surface area contributed by atoms with Crippen molar-refractivity contribution in [3.05, 3.63) is 33.8 Å². The van der Waals surface area contributed by atoms with Crippen molar-refractivity contribution < 1.29 is 13.2 Å². The number of rotatable bonds is 3. The van der Waals surface area contributed by atoms with E-state index in [1.54, 1.807) is 11.5 Å². The molecule has 0 aliphatic heterocycles. The average molecular weight is 273 g/mol. The number of halogens is 5. The molecule has 0 bridgehead atoms. The van der Waals surface area contributed by atoms with E-state index >= 15 is 0 Å². The molecule has 0 aliphatic carbocycles. The van der Waals surface area contributed by atoms with Crippen molar-refractivity contribution in [1.82, 2.24) is 5.43 Å². The van der Waals surface area contributed by atoms with Crippen LogP contribution in [-0.2, 0) is 6.42 Å². The van der Waals surface area contributed by atoms with Crippen molar-refractivity contribution in [2.75, 3.05) is 0 Å². The second-order valence-electron chi connectivity index (χ2n) is 3.17. The van der Waals surface area contributed by atoms with E-state index in [0.29, 0.717) is 0 Å². The SMILES string of the molecule is NNC(Cc1c(Cl)cccc1Cl)C(F)(F)F. The van der Waals surface area contributed by atoms with Crippen LogP contribution in [0.1, 0.15) is 5.56 Å². The Bertz CT molecular complexity index is 348. The van der Waals surface area contributed by atoms with E-state index in [1.165, 1.54) is 12.1 Å².